The van der Waals surface area contributed by atoms with Gasteiger partial charge in [0.2, 0.25) is 0 Å². The van der Waals surface area contributed by atoms with E-state index in [2.05, 4.69) is 15.5 Å². The Labute approximate surface area is 113 Å². The number of nitrogens with zero attached hydrogens (tertiary/aromatic N) is 4. The molecule has 104 valence electrons. The maximum absolute atomic E-state index is 12.0. The van der Waals surface area contributed by atoms with Crippen molar-refractivity contribution in [3.8, 4) is 0 Å². The molecule has 0 atom stereocenters. The third-order valence-electron chi connectivity index (χ3n) is 2.67. The Bertz CT molecular complexity index is 666. The third-order valence-corrected chi connectivity index (χ3v) is 2.67. The molecule has 2 rings (SSSR count). The Morgan fingerprint density at radius 1 is 1.55 bits per heavy atom. The number of carbonyl (C=O) groups is 1. The van der Waals surface area contributed by atoms with Crippen LogP contribution in [0.4, 0.5) is 11.4 Å². The third kappa shape index (κ3) is 2.71. The predicted molar refractivity (Wildman–Crippen MR) is 69.7 cm³/mol. The van der Waals surface area contributed by atoms with Gasteiger partial charge < -0.3 is 15.6 Å². The molecule has 1 aromatic heterocycles. The number of amides is 1. The molecule has 9 nitrogen and oxygen atoms in total. The molecule has 0 aliphatic rings. The van der Waals surface area contributed by atoms with E-state index in [-0.39, 0.29) is 23.5 Å². The maximum atomic E-state index is 12.0. The fraction of sp³-hybridized carbons (Fsp3) is 0.182. The van der Waals surface area contributed by atoms with E-state index in [4.69, 9.17) is 5.73 Å². The van der Waals surface area contributed by atoms with Crippen LogP contribution in [0, 0.1) is 10.1 Å². The Hall–Kier alpha value is -2.97. The van der Waals surface area contributed by atoms with Crippen LogP contribution in [0.2, 0.25) is 0 Å². The summed E-state index contributed by atoms with van der Waals surface area (Å²) in [6, 6.07) is 3.84. The van der Waals surface area contributed by atoms with Gasteiger partial charge in [-0.25, -0.2) is 0 Å². The quantitative estimate of drug-likeness (QED) is 0.467. The van der Waals surface area contributed by atoms with Crippen LogP contribution < -0.4 is 11.1 Å². The lowest BCUT2D eigenvalue weighted by atomic mass is 10.1. The highest BCUT2D eigenvalue weighted by molar-refractivity contribution is 5.98. The molecule has 0 aliphatic carbocycles. The van der Waals surface area contributed by atoms with Gasteiger partial charge in [-0.1, -0.05) is 0 Å². The topological polar surface area (TPSA) is 129 Å². The van der Waals surface area contributed by atoms with Gasteiger partial charge >= 0.3 is 0 Å². The Balaban J connectivity index is 2.19. The summed E-state index contributed by atoms with van der Waals surface area (Å²) in [5.41, 5.74) is 5.45. The van der Waals surface area contributed by atoms with Crippen molar-refractivity contribution in [2.45, 2.75) is 6.54 Å². The fourth-order valence-corrected chi connectivity index (χ4v) is 1.62. The minimum Gasteiger partial charge on any atom is -0.399 e. The number of hydrogen-bond acceptors (Lipinski definition) is 6. The zero-order chi connectivity index (χ0) is 14.7. The Morgan fingerprint density at radius 3 is 2.90 bits per heavy atom. The molecule has 0 saturated carbocycles. The standard InChI is InChI=1S/C11H12N6O3/c1-16-6-14-15-10(16)5-13-11(18)8-4-7(12)2-3-9(8)17(19)20/h2-4,6H,5,12H2,1H3,(H,13,18). The van der Waals surface area contributed by atoms with Gasteiger partial charge in [0.15, 0.2) is 5.82 Å². The van der Waals surface area contributed by atoms with Gasteiger partial charge in [0.1, 0.15) is 11.9 Å². The van der Waals surface area contributed by atoms with Crippen molar-refractivity contribution < 1.29 is 9.72 Å². The molecule has 20 heavy (non-hydrogen) atoms. The summed E-state index contributed by atoms with van der Waals surface area (Å²) >= 11 is 0. The molecule has 1 aromatic carbocycles. The van der Waals surface area contributed by atoms with E-state index in [1.807, 2.05) is 0 Å². The molecule has 1 amide bonds. The van der Waals surface area contributed by atoms with Crippen LogP contribution in [0.5, 0.6) is 0 Å². The number of rotatable bonds is 4. The van der Waals surface area contributed by atoms with E-state index in [0.717, 1.165) is 0 Å². The number of nitrogens with two attached hydrogens (primary N) is 1. The molecular weight excluding hydrogens is 264 g/mol. The monoisotopic (exact) mass is 276 g/mol. The molecule has 2 aromatic rings. The van der Waals surface area contributed by atoms with Crippen molar-refractivity contribution in [3.05, 3.63) is 46.0 Å². The molecule has 0 aliphatic heterocycles. The summed E-state index contributed by atoms with van der Waals surface area (Å²) in [5, 5.41) is 20.9. The molecular formula is C11H12N6O3. The molecule has 0 saturated heterocycles. The summed E-state index contributed by atoms with van der Waals surface area (Å²) in [6.07, 6.45) is 1.49. The van der Waals surface area contributed by atoms with Crippen LogP contribution in [-0.4, -0.2) is 25.6 Å². The van der Waals surface area contributed by atoms with E-state index >= 15 is 0 Å². The van der Waals surface area contributed by atoms with Crippen LogP contribution >= 0.6 is 0 Å². The first kappa shape index (κ1) is 13.5. The van der Waals surface area contributed by atoms with Crippen molar-refractivity contribution in [1.82, 2.24) is 20.1 Å². The smallest absolute Gasteiger partial charge is 0.282 e. The number of anilines is 1. The van der Waals surface area contributed by atoms with Crippen LogP contribution in [-0.2, 0) is 13.6 Å². The first-order chi connectivity index (χ1) is 9.49. The molecule has 0 fully saturated rings. The van der Waals surface area contributed by atoms with Gasteiger partial charge in [-0.05, 0) is 12.1 Å². The van der Waals surface area contributed by atoms with Crippen molar-refractivity contribution in [2.75, 3.05) is 5.73 Å². The number of hydrogen-bond donors (Lipinski definition) is 2. The average Bonchev–Trinajstić information content (AvgIpc) is 2.81. The molecule has 3 N–H and O–H groups in total. The summed E-state index contributed by atoms with van der Waals surface area (Å²) in [6.45, 7) is 0.112. The minimum atomic E-state index is -0.628. The fourth-order valence-electron chi connectivity index (χ4n) is 1.62. The number of nitrogen functional groups attached to an aromatic ring is 1. The van der Waals surface area contributed by atoms with E-state index < -0.39 is 10.8 Å². The SMILES string of the molecule is Cn1cnnc1CNC(=O)c1cc(N)ccc1[N+](=O)[O-]. The largest absolute Gasteiger partial charge is 0.399 e. The highest BCUT2D eigenvalue weighted by Gasteiger charge is 2.20. The van der Waals surface area contributed by atoms with E-state index in [1.165, 1.54) is 24.5 Å². The van der Waals surface area contributed by atoms with Crippen molar-refractivity contribution in [2.24, 2.45) is 7.05 Å². The normalized spacial score (nSPS) is 10.2. The predicted octanol–water partition coefficient (Wildman–Crippen LogP) is 0.235. The number of aromatic nitrogens is 3. The first-order valence-electron chi connectivity index (χ1n) is 5.64. The van der Waals surface area contributed by atoms with Crippen molar-refractivity contribution >= 4 is 17.3 Å². The molecule has 0 bridgehead atoms. The van der Waals surface area contributed by atoms with Gasteiger partial charge in [0, 0.05) is 18.8 Å². The van der Waals surface area contributed by atoms with Gasteiger partial charge in [-0.3, -0.25) is 14.9 Å². The molecule has 9 heteroatoms. The van der Waals surface area contributed by atoms with Crippen LogP contribution in [0.15, 0.2) is 24.5 Å². The summed E-state index contributed by atoms with van der Waals surface area (Å²) < 4.78 is 1.63. The first-order valence-corrected chi connectivity index (χ1v) is 5.64. The van der Waals surface area contributed by atoms with E-state index in [0.29, 0.717) is 5.82 Å². The summed E-state index contributed by atoms with van der Waals surface area (Å²) in [4.78, 5) is 22.3. The highest BCUT2D eigenvalue weighted by atomic mass is 16.6. The highest BCUT2D eigenvalue weighted by Crippen LogP contribution is 2.21. The number of nitro groups is 1. The lowest BCUT2D eigenvalue weighted by Gasteiger charge is -2.06. The number of carbonyl (C=O) groups excluding carboxylic acids is 1. The number of aryl methyl sites for hydroxylation is 1. The number of nitro benzene ring substituents is 1. The second kappa shape index (κ2) is 5.34. The summed E-state index contributed by atoms with van der Waals surface area (Å²) in [5.74, 6) is -0.0584. The second-order valence-corrected chi connectivity index (χ2v) is 4.07. The van der Waals surface area contributed by atoms with Crippen LogP contribution in [0.1, 0.15) is 16.2 Å². The van der Waals surface area contributed by atoms with Crippen LogP contribution in [0.3, 0.4) is 0 Å². The van der Waals surface area contributed by atoms with E-state index in [1.54, 1.807) is 11.6 Å². The Kier molecular flexibility index (Phi) is 3.60. The van der Waals surface area contributed by atoms with Crippen LogP contribution in [0.25, 0.3) is 0 Å². The Morgan fingerprint density at radius 2 is 2.30 bits per heavy atom. The number of benzene rings is 1. The zero-order valence-electron chi connectivity index (χ0n) is 10.6. The number of nitrogens with one attached hydrogen (secondary N) is 1. The minimum absolute atomic E-state index is 0.0860. The summed E-state index contributed by atoms with van der Waals surface area (Å²) in [7, 11) is 1.73. The lowest BCUT2D eigenvalue weighted by molar-refractivity contribution is -0.385. The van der Waals surface area contributed by atoms with Gasteiger partial charge in [0.25, 0.3) is 11.6 Å². The molecule has 0 radical (unpaired) electrons. The molecule has 0 spiro atoms. The molecule has 1 heterocycles. The van der Waals surface area contributed by atoms with Gasteiger partial charge in [0.05, 0.1) is 11.5 Å². The van der Waals surface area contributed by atoms with Gasteiger partial charge in [-0.15, -0.1) is 10.2 Å². The lowest BCUT2D eigenvalue weighted by Crippen LogP contribution is -2.25. The zero-order valence-corrected chi connectivity index (χ0v) is 10.6. The van der Waals surface area contributed by atoms with Crippen molar-refractivity contribution in [3.63, 3.8) is 0 Å². The average molecular weight is 276 g/mol. The van der Waals surface area contributed by atoms with Gasteiger partial charge in [-0.2, -0.15) is 0 Å². The second-order valence-electron chi connectivity index (χ2n) is 4.07. The van der Waals surface area contributed by atoms with E-state index in [9.17, 15) is 14.9 Å². The maximum Gasteiger partial charge on any atom is 0.282 e. The van der Waals surface area contributed by atoms with Crippen molar-refractivity contribution in [1.29, 1.82) is 0 Å². The molecule has 0 unspecified atom stereocenters.